The third-order valence-electron chi connectivity index (χ3n) is 3.47. The van der Waals surface area contributed by atoms with Gasteiger partial charge in [-0.2, -0.15) is 0 Å². The number of ether oxygens (including phenoxy) is 1. The maximum absolute atomic E-state index is 12.5. The van der Waals surface area contributed by atoms with Gasteiger partial charge in [0, 0.05) is 18.8 Å². The number of nitrogens with zero attached hydrogens (tertiary/aromatic N) is 1. The lowest BCUT2D eigenvalue weighted by Crippen LogP contribution is -2.45. The van der Waals surface area contributed by atoms with E-state index in [1.807, 2.05) is 12.1 Å². The van der Waals surface area contributed by atoms with Crippen LogP contribution >= 0.6 is 0 Å². The molecule has 1 saturated heterocycles. The van der Waals surface area contributed by atoms with Crippen molar-refractivity contribution in [2.24, 2.45) is 5.73 Å². The Labute approximate surface area is 124 Å². The number of nitrogen functional groups attached to an aromatic ring is 1. The maximum atomic E-state index is 12.5. The molecule has 0 aromatic heterocycles. The zero-order valence-electron chi connectivity index (χ0n) is 12.0. The van der Waals surface area contributed by atoms with Crippen LogP contribution in [0.1, 0.15) is 24.8 Å². The van der Waals surface area contributed by atoms with Crippen LogP contribution in [0.2, 0.25) is 0 Å². The Morgan fingerprint density at radius 2 is 1.95 bits per heavy atom. The lowest BCUT2D eigenvalue weighted by molar-refractivity contribution is -0.149. The van der Waals surface area contributed by atoms with Crippen molar-refractivity contribution in [3.63, 3.8) is 0 Å². The average Bonchev–Trinajstić information content (AvgIpc) is 2.48. The molecule has 0 spiro atoms. The number of anilines is 1. The number of nitrogens with two attached hydrogens (primary N) is 2. The number of hydrogen-bond acceptors (Lipinski definition) is 4. The highest BCUT2D eigenvalue weighted by Gasteiger charge is 2.27. The molecule has 1 aliphatic rings. The van der Waals surface area contributed by atoms with Crippen LogP contribution in [0.4, 0.5) is 5.69 Å². The van der Waals surface area contributed by atoms with E-state index in [2.05, 4.69) is 0 Å². The summed E-state index contributed by atoms with van der Waals surface area (Å²) in [6.07, 6.45) is 2.16. The molecule has 0 saturated carbocycles. The van der Waals surface area contributed by atoms with Gasteiger partial charge in [0.05, 0.1) is 6.54 Å². The average molecular weight is 291 g/mol. The lowest BCUT2D eigenvalue weighted by Gasteiger charge is -2.28. The first kappa shape index (κ1) is 15.3. The van der Waals surface area contributed by atoms with E-state index in [1.54, 1.807) is 12.1 Å². The Bertz CT molecular complexity index is 495. The fourth-order valence-corrected chi connectivity index (χ4v) is 2.38. The highest BCUT2D eigenvalue weighted by atomic mass is 16.5. The zero-order chi connectivity index (χ0) is 15.2. The smallest absolute Gasteiger partial charge is 0.252 e. The van der Waals surface area contributed by atoms with Gasteiger partial charge in [-0.05, 0) is 37.0 Å². The minimum Gasteiger partial charge on any atom is -0.399 e. The maximum Gasteiger partial charge on any atom is 0.252 e. The molecule has 1 unspecified atom stereocenters. The van der Waals surface area contributed by atoms with Crippen molar-refractivity contribution in [2.75, 3.05) is 18.9 Å². The Hall–Kier alpha value is -2.08. The van der Waals surface area contributed by atoms with Crippen LogP contribution < -0.4 is 11.5 Å². The molecule has 0 bridgehead atoms. The van der Waals surface area contributed by atoms with E-state index in [-0.39, 0.29) is 12.5 Å². The quantitative estimate of drug-likeness (QED) is 0.778. The molecule has 1 aromatic rings. The van der Waals surface area contributed by atoms with Gasteiger partial charge in [0.15, 0.2) is 0 Å². The van der Waals surface area contributed by atoms with E-state index in [4.69, 9.17) is 16.2 Å². The minimum absolute atomic E-state index is 0.108. The number of carbonyl (C=O) groups is 2. The number of carbonyl (C=O) groups excluding carboxylic acids is 2. The summed E-state index contributed by atoms with van der Waals surface area (Å²) >= 11 is 0. The molecule has 1 atom stereocenters. The standard InChI is InChI=1S/C15H21N3O3/c16-12-6-4-11(5-7-12)9-18(10-14(17)19)15(20)13-3-1-2-8-21-13/h4-7,13H,1-3,8-10,16H2,(H2,17,19). The Morgan fingerprint density at radius 3 is 2.52 bits per heavy atom. The Morgan fingerprint density at radius 1 is 1.24 bits per heavy atom. The van der Waals surface area contributed by atoms with Crippen LogP contribution in [-0.4, -0.2) is 36.0 Å². The molecule has 21 heavy (non-hydrogen) atoms. The summed E-state index contributed by atoms with van der Waals surface area (Å²) in [5, 5.41) is 0. The SMILES string of the molecule is NC(=O)CN(Cc1ccc(N)cc1)C(=O)C1CCCCO1. The van der Waals surface area contributed by atoms with E-state index >= 15 is 0 Å². The number of hydrogen-bond donors (Lipinski definition) is 2. The van der Waals surface area contributed by atoms with Gasteiger partial charge in [-0.25, -0.2) is 0 Å². The monoisotopic (exact) mass is 291 g/mol. The van der Waals surface area contributed by atoms with Crippen LogP contribution in [-0.2, 0) is 20.9 Å². The molecule has 0 aliphatic carbocycles. The Kier molecular flexibility index (Phi) is 5.16. The first-order chi connectivity index (χ1) is 10.1. The number of benzene rings is 1. The summed E-state index contributed by atoms with van der Waals surface area (Å²) < 4.78 is 5.50. The molecule has 114 valence electrons. The van der Waals surface area contributed by atoms with Crippen molar-refractivity contribution in [1.82, 2.24) is 4.90 Å². The highest BCUT2D eigenvalue weighted by molar-refractivity contribution is 5.86. The predicted molar refractivity (Wildman–Crippen MR) is 79.1 cm³/mol. The molecule has 1 aliphatic heterocycles. The summed E-state index contributed by atoms with van der Waals surface area (Å²) in [5.74, 6) is -0.708. The van der Waals surface area contributed by atoms with Gasteiger partial charge in [-0.15, -0.1) is 0 Å². The van der Waals surface area contributed by atoms with Crippen LogP contribution in [0.5, 0.6) is 0 Å². The summed E-state index contributed by atoms with van der Waals surface area (Å²) in [6.45, 7) is 0.799. The predicted octanol–water partition coefficient (Wildman–Crippen LogP) is 0.652. The second kappa shape index (κ2) is 7.08. The van der Waals surface area contributed by atoms with Crippen molar-refractivity contribution in [3.8, 4) is 0 Å². The summed E-state index contributed by atoms with van der Waals surface area (Å²) in [6, 6.07) is 7.19. The van der Waals surface area contributed by atoms with Crippen molar-refractivity contribution >= 4 is 17.5 Å². The molecule has 2 amide bonds. The topological polar surface area (TPSA) is 98.7 Å². The number of primary amides is 1. The van der Waals surface area contributed by atoms with Crippen LogP contribution in [0.3, 0.4) is 0 Å². The first-order valence-corrected chi connectivity index (χ1v) is 7.09. The second-order valence-electron chi connectivity index (χ2n) is 5.26. The van der Waals surface area contributed by atoms with Gasteiger partial charge < -0.3 is 21.1 Å². The Balaban J connectivity index is 2.07. The molecular formula is C15H21N3O3. The first-order valence-electron chi connectivity index (χ1n) is 7.09. The molecular weight excluding hydrogens is 270 g/mol. The highest BCUT2D eigenvalue weighted by Crippen LogP contribution is 2.17. The van der Waals surface area contributed by atoms with Crippen LogP contribution in [0, 0.1) is 0 Å². The molecule has 1 fully saturated rings. The zero-order valence-corrected chi connectivity index (χ0v) is 12.0. The summed E-state index contributed by atoms with van der Waals surface area (Å²) in [5.41, 5.74) is 12.4. The minimum atomic E-state index is -0.533. The van der Waals surface area contributed by atoms with Gasteiger partial charge in [-0.1, -0.05) is 12.1 Å². The fourth-order valence-electron chi connectivity index (χ4n) is 2.38. The van der Waals surface area contributed by atoms with Crippen molar-refractivity contribution in [3.05, 3.63) is 29.8 Å². The summed E-state index contributed by atoms with van der Waals surface area (Å²) in [7, 11) is 0. The number of rotatable bonds is 5. The number of amides is 2. The lowest BCUT2D eigenvalue weighted by atomic mass is 10.1. The normalized spacial score (nSPS) is 18.2. The van der Waals surface area contributed by atoms with E-state index < -0.39 is 12.0 Å². The molecule has 4 N–H and O–H groups in total. The fraction of sp³-hybridized carbons (Fsp3) is 0.467. The van der Waals surface area contributed by atoms with Gasteiger partial charge in [0.25, 0.3) is 5.91 Å². The van der Waals surface area contributed by atoms with E-state index in [0.717, 1.165) is 18.4 Å². The molecule has 1 heterocycles. The molecule has 0 radical (unpaired) electrons. The van der Waals surface area contributed by atoms with Crippen LogP contribution in [0.25, 0.3) is 0 Å². The third-order valence-corrected chi connectivity index (χ3v) is 3.47. The van der Waals surface area contributed by atoms with Crippen LogP contribution in [0.15, 0.2) is 24.3 Å². The van der Waals surface area contributed by atoms with Gasteiger partial charge in [0.1, 0.15) is 6.10 Å². The van der Waals surface area contributed by atoms with Gasteiger partial charge >= 0.3 is 0 Å². The second-order valence-corrected chi connectivity index (χ2v) is 5.26. The third kappa shape index (κ3) is 4.46. The molecule has 6 heteroatoms. The van der Waals surface area contributed by atoms with Crippen molar-refractivity contribution in [2.45, 2.75) is 31.9 Å². The molecule has 1 aromatic carbocycles. The largest absolute Gasteiger partial charge is 0.399 e. The van der Waals surface area contributed by atoms with E-state index in [0.29, 0.717) is 25.3 Å². The van der Waals surface area contributed by atoms with Gasteiger partial charge in [0.2, 0.25) is 5.91 Å². The van der Waals surface area contributed by atoms with E-state index in [9.17, 15) is 9.59 Å². The molecule has 6 nitrogen and oxygen atoms in total. The van der Waals surface area contributed by atoms with E-state index in [1.165, 1.54) is 4.90 Å². The van der Waals surface area contributed by atoms with Crippen molar-refractivity contribution in [1.29, 1.82) is 0 Å². The summed E-state index contributed by atoms with van der Waals surface area (Å²) in [4.78, 5) is 25.1. The van der Waals surface area contributed by atoms with Crippen molar-refractivity contribution < 1.29 is 14.3 Å². The van der Waals surface area contributed by atoms with Gasteiger partial charge in [-0.3, -0.25) is 9.59 Å². The molecule has 2 rings (SSSR count).